The molecule has 0 saturated carbocycles. The highest BCUT2D eigenvalue weighted by Gasteiger charge is 2.26. The number of carbonyl (C=O) groups excluding carboxylic acids is 1. The molecule has 3 nitrogen and oxygen atoms in total. The number of amides is 1. The Bertz CT molecular complexity index is 441. The van der Waals surface area contributed by atoms with Gasteiger partial charge in [0, 0.05) is 6.54 Å². The van der Waals surface area contributed by atoms with Crippen LogP contribution in [0.15, 0.2) is 24.3 Å². The fourth-order valence-corrected chi connectivity index (χ4v) is 2.40. The fraction of sp³-hybridized carbons (Fsp3) is 0.611. The Morgan fingerprint density at radius 1 is 1.27 bits per heavy atom. The number of benzene rings is 1. The van der Waals surface area contributed by atoms with Crippen LogP contribution in [0.2, 0.25) is 0 Å². The highest BCUT2D eigenvalue weighted by atomic mass is 35.5. The molecule has 0 spiro atoms. The zero-order valence-electron chi connectivity index (χ0n) is 14.3. The van der Waals surface area contributed by atoms with Crippen LogP contribution in [-0.4, -0.2) is 18.0 Å². The number of hydrogen-bond donors (Lipinski definition) is 2. The number of halogens is 1. The average molecular weight is 327 g/mol. The van der Waals surface area contributed by atoms with Gasteiger partial charge in [-0.2, -0.15) is 0 Å². The van der Waals surface area contributed by atoms with E-state index in [1.54, 1.807) is 6.92 Å². The van der Waals surface area contributed by atoms with Crippen LogP contribution in [0.1, 0.15) is 64.0 Å². The van der Waals surface area contributed by atoms with Crippen molar-refractivity contribution in [2.45, 2.75) is 64.8 Å². The van der Waals surface area contributed by atoms with Crippen LogP contribution in [0.25, 0.3) is 0 Å². The second-order valence-corrected chi connectivity index (χ2v) is 6.42. The Balaban J connectivity index is 0.00000441. The standard InChI is InChI=1S/C18H30N2O.ClH/c1-5-12-18(4,19)17(21)20-13-6-7-15-8-10-16(11-9-15)14(2)3;/h8-11,14H,5-7,12-13,19H2,1-4H3,(H,20,21);1H. The Kier molecular flexibility index (Phi) is 9.38. The summed E-state index contributed by atoms with van der Waals surface area (Å²) < 4.78 is 0. The predicted octanol–water partition coefficient (Wildman–Crippen LogP) is 3.80. The van der Waals surface area contributed by atoms with Crippen molar-refractivity contribution in [3.8, 4) is 0 Å². The van der Waals surface area contributed by atoms with Gasteiger partial charge in [0.05, 0.1) is 5.54 Å². The van der Waals surface area contributed by atoms with Crippen LogP contribution in [0.5, 0.6) is 0 Å². The molecular formula is C18H31ClN2O. The summed E-state index contributed by atoms with van der Waals surface area (Å²) in [6, 6.07) is 8.75. The van der Waals surface area contributed by atoms with Gasteiger partial charge in [-0.25, -0.2) is 0 Å². The minimum atomic E-state index is -0.742. The van der Waals surface area contributed by atoms with Crippen LogP contribution in [0.3, 0.4) is 0 Å². The topological polar surface area (TPSA) is 55.1 Å². The maximum atomic E-state index is 11.9. The molecule has 0 fully saturated rings. The third kappa shape index (κ3) is 6.80. The molecule has 0 radical (unpaired) electrons. The summed E-state index contributed by atoms with van der Waals surface area (Å²) in [5.74, 6) is 0.527. The van der Waals surface area contributed by atoms with Gasteiger partial charge in [-0.05, 0) is 43.2 Å². The lowest BCUT2D eigenvalue weighted by Crippen LogP contribution is -2.51. The number of hydrogen-bond acceptors (Lipinski definition) is 2. The van der Waals surface area contributed by atoms with Crippen molar-refractivity contribution in [1.29, 1.82) is 0 Å². The van der Waals surface area contributed by atoms with E-state index in [1.165, 1.54) is 11.1 Å². The molecule has 0 heterocycles. The normalized spacial score (nSPS) is 13.4. The smallest absolute Gasteiger partial charge is 0.239 e. The van der Waals surface area contributed by atoms with E-state index in [2.05, 4.69) is 43.4 Å². The Morgan fingerprint density at radius 2 is 1.86 bits per heavy atom. The lowest BCUT2D eigenvalue weighted by atomic mass is 9.96. The van der Waals surface area contributed by atoms with Gasteiger partial charge in [-0.1, -0.05) is 51.5 Å². The fourth-order valence-electron chi connectivity index (χ4n) is 2.40. The van der Waals surface area contributed by atoms with Gasteiger partial charge in [-0.15, -0.1) is 12.4 Å². The number of rotatable bonds is 8. The van der Waals surface area contributed by atoms with Crippen LogP contribution in [0, 0.1) is 0 Å². The molecule has 1 aromatic rings. The summed E-state index contributed by atoms with van der Waals surface area (Å²) in [6.45, 7) is 8.92. The minimum Gasteiger partial charge on any atom is -0.355 e. The largest absolute Gasteiger partial charge is 0.355 e. The molecule has 4 heteroatoms. The number of nitrogens with two attached hydrogens (primary N) is 1. The number of aryl methyl sites for hydroxylation is 1. The minimum absolute atomic E-state index is 0. The molecule has 1 rings (SSSR count). The van der Waals surface area contributed by atoms with E-state index in [1.807, 2.05) is 6.92 Å². The zero-order chi connectivity index (χ0) is 15.9. The molecule has 0 aliphatic carbocycles. The third-order valence-corrected chi connectivity index (χ3v) is 3.86. The average Bonchev–Trinajstić information content (AvgIpc) is 2.43. The second kappa shape index (κ2) is 9.86. The first-order valence-corrected chi connectivity index (χ1v) is 8.03. The quantitative estimate of drug-likeness (QED) is 0.714. The van der Waals surface area contributed by atoms with Crippen molar-refractivity contribution < 1.29 is 4.79 Å². The van der Waals surface area contributed by atoms with Crippen molar-refractivity contribution in [2.75, 3.05) is 6.54 Å². The van der Waals surface area contributed by atoms with Crippen LogP contribution >= 0.6 is 12.4 Å². The maximum absolute atomic E-state index is 11.9. The summed E-state index contributed by atoms with van der Waals surface area (Å²) >= 11 is 0. The van der Waals surface area contributed by atoms with Crippen molar-refractivity contribution in [2.24, 2.45) is 5.73 Å². The highest BCUT2D eigenvalue weighted by Crippen LogP contribution is 2.15. The van der Waals surface area contributed by atoms with E-state index in [0.29, 0.717) is 12.5 Å². The molecule has 3 N–H and O–H groups in total. The highest BCUT2D eigenvalue weighted by molar-refractivity contribution is 5.85. The molecule has 0 saturated heterocycles. The first-order valence-electron chi connectivity index (χ1n) is 8.03. The lowest BCUT2D eigenvalue weighted by molar-refractivity contribution is -0.126. The predicted molar refractivity (Wildman–Crippen MR) is 96.6 cm³/mol. The molecule has 0 aliphatic heterocycles. The van der Waals surface area contributed by atoms with Gasteiger partial charge < -0.3 is 11.1 Å². The van der Waals surface area contributed by atoms with E-state index in [0.717, 1.165) is 25.7 Å². The zero-order valence-corrected chi connectivity index (χ0v) is 15.1. The molecule has 1 amide bonds. The summed E-state index contributed by atoms with van der Waals surface area (Å²) in [6.07, 6.45) is 3.56. The van der Waals surface area contributed by atoms with E-state index < -0.39 is 5.54 Å². The molecule has 1 unspecified atom stereocenters. The molecule has 1 atom stereocenters. The molecule has 0 bridgehead atoms. The summed E-state index contributed by atoms with van der Waals surface area (Å²) in [5.41, 5.74) is 7.94. The van der Waals surface area contributed by atoms with Crippen molar-refractivity contribution in [3.63, 3.8) is 0 Å². The van der Waals surface area contributed by atoms with Crippen LogP contribution < -0.4 is 11.1 Å². The monoisotopic (exact) mass is 326 g/mol. The first-order chi connectivity index (χ1) is 9.86. The van der Waals surface area contributed by atoms with Crippen molar-refractivity contribution in [1.82, 2.24) is 5.32 Å². The molecule has 0 aliphatic rings. The first kappa shape index (κ1) is 20.9. The van der Waals surface area contributed by atoms with E-state index in [9.17, 15) is 4.79 Å². The SMILES string of the molecule is CCCC(C)(N)C(=O)NCCCc1ccc(C(C)C)cc1.Cl. The molecular weight excluding hydrogens is 296 g/mol. The lowest BCUT2D eigenvalue weighted by Gasteiger charge is -2.22. The number of nitrogens with one attached hydrogen (secondary N) is 1. The van der Waals surface area contributed by atoms with Crippen LogP contribution in [-0.2, 0) is 11.2 Å². The third-order valence-electron chi connectivity index (χ3n) is 3.86. The van der Waals surface area contributed by atoms with E-state index >= 15 is 0 Å². The summed E-state index contributed by atoms with van der Waals surface area (Å²) in [4.78, 5) is 11.9. The maximum Gasteiger partial charge on any atom is 0.239 e. The second-order valence-electron chi connectivity index (χ2n) is 6.42. The summed E-state index contributed by atoms with van der Waals surface area (Å²) in [7, 11) is 0. The summed E-state index contributed by atoms with van der Waals surface area (Å²) in [5, 5.41) is 2.94. The Hall–Kier alpha value is -1.06. The van der Waals surface area contributed by atoms with Crippen molar-refractivity contribution >= 4 is 18.3 Å². The molecule has 22 heavy (non-hydrogen) atoms. The van der Waals surface area contributed by atoms with Gasteiger partial charge in [0.2, 0.25) is 5.91 Å². The van der Waals surface area contributed by atoms with Crippen LogP contribution in [0.4, 0.5) is 0 Å². The van der Waals surface area contributed by atoms with Gasteiger partial charge in [0.15, 0.2) is 0 Å². The Labute approximate surface area is 141 Å². The van der Waals surface area contributed by atoms with Crippen molar-refractivity contribution in [3.05, 3.63) is 35.4 Å². The van der Waals surface area contributed by atoms with Gasteiger partial charge in [0.1, 0.15) is 0 Å². The van der Waals surface area contributed by atoms with Gasteiger partial charge >= 0.3 is 0 Å². The van der Waals surface area contributed by atoms with E-state index in [-0.39, 0.29) is 18.3 Å². The number of carbonyl (C=O) groups is 1. The van der Waals surface area contributed by atoms with E-state index in [4.69, 9.17) is 5.73 Å². The molecule has 126 valence electrons. The van der Waals surface area contributed by atoms with Gasteiger partial charge in [0.25, 0.3) is 0 Å². The molecule has 1 aromatic carbocycles. The van der Waals surface area contributed by atoms with Gasteiger partial charge in [-0.3, -0.25) is 4.79 Å². The Morgan fingerprint density at radius 3 is 2.36 bits per heavy atom. The molecule has 0 aromatic heterocycles.